The number of guanidine groups is 1. The number of fused-ring (bicyclic) bond motifs is 1. The second-order valence-corrected chi connectivity index (χ2v) is 4.29. The zero-order valence-corrected chi connectivity index (χ0v) is 10.9. The van der Waals surface area contributed by atoms with Crippen LogP contribution in [-0.4, -0.2) is 19.3 Å². The summed E-state index contributed by atoms with van der Waals surface area (Å²) in [5.74, 6) is 0.685. The molecule has 2 rings (SSSR count). The molecule has 0 atom stereocenters. The van der Waals surface area contributed by atoms with Gasteiger partial charge in [0.1, 0.15) is 11.6 Å². The third kappa shape index (κ3) is 3.57. The first-order valence-electron chi connectivity index (χ1n) is 6.26. The van der Waals surface area contributed by atoms with Crippen molar-refractivity contribution in [2.75, 3.05) is 13.3 Å². The van der Waals surface area contributed by atoms with Crippen LogP contribution in [0, 0.1) is 5.82 Å². The summed E-state index contributed by atoms with van der Waals surface area (Å²) in [6.07, 6.45) is 0.964. The summed E-state index contributed by atoms with van der Waals surface area (Å²) >= 11 is 0. The number of halogens is 1. The first-order chi connectivity index (χ1) is 9.20. The molecule has 1 aromatic carbocycles. The van der Waals surface area contributed by atoms with Crippen LogP contribution in [0.1, 0.15) is 24.5 Å². The highest BCUT2D eigenvalue weighted by molar-refractivity contribution is 5.77. The number of ether oxygens (including phenoxy) is 2. The average molecular weight is 267 g/mol. The molecule has 0 aliphatic carbocycles. The van der Waals surface area contributed by atoms with E-state index in [4.69, 9.17) is 15.2 Å². The third-order valence-electron chi connectivity index (χ3n) is 2.73. The lowest BCUT2D eigenvalue weighted by Crippen LogP contribution is -2.32. The monoisotopic (exact) mass is 267 g/mol. The Kier molecular flexibility index (Phi) is 4.57. The van der Waals surface area contributed by atoms with Crippen molar-refractivity contribution < 1.29 is 13.9 Å². The van der Waals surface area contributed by atoms with Gasteiger partial charge in [-0.2, -0.15) is 0 Å². The normalized spacial score (nSPS) is 14.7. The van der Waals surface area contributed by atoms with Gasteiger partial charge in [0.05, 0.1) is 13.2 Å². The first-order valence-corrected chi connectivity index (χ1v) is 6.26. The molecule has 5 nitrogen and oxygen atoms in total. The smallest absolute Gasteiger partial charge is 0.189 e. The van der Waals surface area contributed by atoms with Crippen molar-refractivity contribution in [1.82, 2.24) is 5.32 Å². The zero-order valence-electron chi connectivity index (χ0n) is 10.9. The second kappa shape index (κ2) is 6.38. The lowest BCUT2D eigenvalue weighted by atomic mass is 10.1. The number of hydrogen-bond acceptors (Lipinski definition) is 3. The number of hydrogen-bond donors (Lipinski definition) is 2. The van der Waals surface area contributed by atoms with Gasteiger partial charge in [-0.05, 0) is 18.6 Å². The molecule has 0 spiro atoms. The van der Waals surface area contributed by atoms with E-state index in [0.29, 0.717) is 29.4 Å². The molecular formula is C13H18FN3O2. The summed E-state index contributed by atoms with van der Waals surface area (Å²) in [6.45, 7) is 3.62. The average Bonchev–Trinajstić information content (AvgIpc) is 2.42. The zero-order chi connectivity index (χ0) is 13.7. The standard InChI is InChI=1S/C13H18FN3O2/c1-2-3-16-13(15)17-6-9-4-11(14)5-10-7-18-8-19-12(9)10/h4-5H,2-3,6-8H2,1H3,(H3,15,16,17). The quantitative estimate of drug-likeness (QED) is 0.641. The van der Waals surface area contributed by atoms with Gasteiger partial charge in [-0.3, -0.25) is 0 Å². The Labute approximate surface area is 111 Å². The van der Waals surface area contributed by atoms with Crippen molar-refractivity contribution in [3.05, 3.63) is 29.1 Å². The Bertz CT molecular complexity index is 477. The maximum absolute atomic E-state index is 13.5. The molecule has 0 radical (unpaired) electrons. The van der Waals surface area contributed by atoms with Gasteiger partial charge in [0.2, 0.25) is 0 Å². The Balaban J connectivity index is 2.13. The van der Waals surface area contributed by atoms with Crippen molar-refractivity contribution in [2.45, 2.75) is 26.5 Å². The van der Waals surface area contributed by atoms with E-state index in [9.17, 15) is 4.39 Å². The van der Waals surface area contributed by atoms with E-state index in [0.717, 1.165) is 13.0 Å². The van der Waals surface area contributed by atoms with Gasteiger partial charge >= 0.3 is 0 Å². The van der Waals surface area contributed by atoms with Crippen LogP contribution < -0.4 is 15.8 Å². The van der Waals surface area contributed by atoms with E-state index in [2.05, 4.69) is 10.3 Å². The summed E-state index contributed by atoms with van der Waals surface area (Å²) in [7, 11) is 0. The fourth-order valence-electron chi connectivity index (χ4n) is 1.85. The van der Waals surface area contributed by atoms with Crippen LogP contribution in [0.5, 0.6) is 5.75 Å². The van der Waals surface area contributed by atoms with E-state index in [-0.39, 0.29) is 19.2 Å². The van der Waals surface area contributed by atoms with Crippen molar-refractivity contribution in [3.63, 3.8) is 0 Å². The number of aliphatic imine (C=N–C) groups is 1. The molecule has 19 heavy (non-hydrogen) atoms. The van der Waals surface area contributed by atoms with Crippen LogP contribution in [0.15, 0.2) is 17.1 Å². The van der Waals surface area contributed by atoms with Crippen molar-refractivity contribution in [3.8, 4) is 5.75 Å². The molecule has 0 fully saturated rings. The molecular weight excluding hydrogens is 249 g/mol. The van der Waals surface area contributed by atoms with Crippen molar-refractivity contribution in [1.29, 1.82) is 0 Å². The van der Waals surface area contributed by atoms with Gasteiger partial charge in [0.15, 0.2) is 12.8 Å². The Morgan fingerprint density at radius 3 is 3.16 bits per heavy atom. The molecule has 3 N–H and O–H groups in total. The van der Waals surface area contributed by atoms with Gasteiger partial charge in [-0.1, -0.05) is 6.92 Å². The van der Waals surface area contributed by atoms with Gasteiger partial charge < -0.3 is 20.5 Å². The fourth-order valence-corrected chi connectivity index (χ4v) is 1.85. The molecule has 0 unspecified atom stereocenters. The minimum absolute atomic E-state index is 0.179. The highest BCUT2D eigenvalue weighted by Gasteiger charge is 2.16. The molecule has 6 heteroatoms. The molecule has 0 bridgehead atoms. The van der Waals surface area contributed by atoms with Gasteiger partial charge in [-0.25, -0.2) is 9.38 Å². The molecule has 0 aromatic heterocycles. The number of nitrogens with two attached hydrogens (primary N) is 1. The molecule has 1 aliphatic rings. The SMILES string of the molecule is CCCNC(N)=NCc1cc(F)cc2c1OCOC2. The number of rotatable bonds is 4. The molecule has 104 valence electrons. The topological polar surface area (TPSA) is 68.9 Å². The Hall–Kier alpha value is -1.82. The van der Waals surface area contributed by atoms with E-state index in [1.54, 1.807) is 0 Å². The highest BCUT2D eigenvalue weighted by atomic mass is 19.1. The minimum atomic E-state index is -0.321. The van der Waals surface area contributed by atoms with Crippen molar-refractivity contribution >= 4 is 5.96 Å². The van der Waals surface area contributed by atoms with Gasteiger partial charge in [0, 0.05) is 17.7 Å². The predicted molar refractivity (Wildman–Crippen MR) is 70.3 cm³/mol. The van der Waals surface area contributed by atoms with Gasteiger partial charge in [-0.15, -0.1) is 0 Å². The summed E-state index contributed by atoms with van der Waals surface area (Å²) < 4.78 is 24.0. The van der Waals surface area contributed by atoms with E-state index in [1.165, 1.54) is 12.1 Å². The lowest BCUT2D eigenvalue weighted by molar-refractivity contribution is -0.0172. The number of benzene rings is 1. The first kappa shape index (κ1) is 13.6. The van der Waals surface area contributed by atoms with Crippen LogP contribution in [0.4, 0.5) is 4.39 Å². The summed E-state index contributed by atoms with van der Waals surface area (Å²) in [4.78, 5) is 4.18. The van der Waals surface area contributed by atoms with Crippen LogP contribution in [0.2, 0.25) is 0 Å². The van der Waals surface area contributed by atoms with E-state index >= 15 is 0 Å². The third-order valence-corrected chi connectivity index (χ3v) is 2.73. The minimum Gasteiger partial charge on any atom is -0.467 e. The molecule has 1 heterocycles. The lowest BCUT2D eigenvalue weighted by Gasteiger charge is -2.20. The summed E-state index contributed by atoms with van der Waals surface area (Å²) in [6, 6.07) is 2.83. The van der Waals surface area contributed by atoms with Gasteiger partial charge in [0.25, 0.3) is 0 Å². The summed E-state index contributed by atoms with van der Waals surface area (Å²) in [5, 5.41) is 2.97. The second-order valence-electron chi connectivity index (χ2n) is 4.29. The van der Waals surface area contributed by atoms with E-state index in [1.807, 2.05) is 6.92 Å². The Morgan fingerprint density at radius 1 is 1.53 bits per heavy atom. The maximum Gasteiger partial charge on any atom is 0.189 e. The molecule has 0 saturated carbocycles. The molecule has 1 aliphatic heterocycles. The van der Waals surface area contributed by atoms with Crippen LogP contribution in [-0.2, 0) is 17.9 Å². The largest absolute Gasteiger partial charge is 0.467 e. The van der Waals surface area contributed by atoms with Crippen LogP contribution in [0.3, 0.4) is 0 Å². The van der Waals surface area contributed by atoms with E-state index < -0.39 is 0 Å². The molecule has 0 saturated heterocycles. The Morgan fingerprint density at radius 2 is 2.37 bits per heavy atom. The number of nitrogens with one attached hydrogen (secondary N) is 1. The van der Waals surface area contributed by atoms with Crippen molar-refractivity contribution in [2.24, 2.45) is 10.7 Å². The highest BCUT2D eigenvalue weighted by Crippen LogP contribution is 2.29. The number of nitrogens with zero attached hydrogens (tertiary/aromatic N) is 1. The van der Waals surface area contributed by atoms with Crippen LogP contribution >= 0.6 is 0 Å². The fraction of sp³-hybridized carbons (Fsp3) is 0.462. The predicted octanol–water partition coefficient (Wildman–Crippen LogP) is 1.51. The maximum atomic E-state index is 13.5. The molecule has 1 aromatic rings. The summed E-state index contributed by atoms with van der Waals surface area (Å²) in [5.41, 5.74) is 7.09. The van der Waals surface area contributed by atoms with Crippen LogP contribution in [0.25, 0.3) is 0 Å². The molecule has 0 amide bonds.